The third-order valence-electron chi connectivity index (χ3n) is 3.64. The Bertz CT molecular complexity index is 340. The van der Waals surface area contributed by atoms with Gasteiger partial charge in [0, 0.05) is 12.6 Å². The van der Waals surface area contributed by atoms with Crippen molar-refractivity contribution in [3.8, 4) is 0 Å². The monoisotopic (exact) mass is 270 g/mol. The molecule has 1 saturated carbocycles. The number of aliphatic carboxylic acids is 1. The summed E-state index contributed by atoms with van der Waals surface area (Å²) in [6.45, 7) is 8.13. The van der Waals surface area contributed by atoms with E-state index >= 15 is 0 Å². The minimum Gasteiger partial charge on any atom is -0.480 e. The fourth-order valence-electron chi connectivity index (χ4n) is 2.14. The number of amides is 2. The van der Waals surface area contributed by atoms with Crippen molar-refractivity contribution in [2.24, 2.45) is 5.92 Å². The average molecular weight is 270 g/mol. The SMILES string of the molecule is CCCC(C)(NC(=O)N(CC1CC1)C(C)C)C(=O)O. The highest BCUT2D eigenvalue weighted by Crippen LogP contribution is 2.30. The smallest absolute Gasteiger partial charge is 0.329 e. The summed E-state index contributed by atoms with van der Waals surface area (Å²) in [7, 11) is 0. The Morgan fingerprint density at radius 3 is 2.37 bits per heavy atom. The van der Waals surface area contributed by atoms with Gasteiger partial charge in [0.2, 0.25) is 0 Å². The van der Waals surface area contributed by atoms with Crippen LogP contribution in [-0.2, 0) is 4.79 Å². The molecule has 19 heavy (non-hydrogen) atoms. The van der Waals surface area contributed by atoms with Gasteiger partial charge in [-0.3, -0.25) is 0 Å². The van der Waals surface area contributed by atoms with Crippen molar-refractivity contribution >= 4 is 12.0 Å². The lowest BCUT2D eigenvalue weighted by Gasteiger charge is -2.32. The summed E-state index contributed by atoms with van der Waals surface area (Å²) < 4.78 is 0. The maximum atomic E-state index is 12.3. The van der Waals surface area contributed by atoms with Crippen molar-refractivity contribution < 1.29 is 14.7 Å². The highest BCUT2D eigenvalue weighted by atomic mass is 16.4. The maximum absolute atomic E-state index is 12.3. The summed E-state index contributed by atoms with van der Waals surface area (Å²) in [6, 6.07) is -0.180. The van der Waals surface area contributed by atoms with Crippen LogP contribution in [-0.4, -0.2) is 40.1 Å². The molecule has 0 aromatic carbocycles. The molecule has 0 aromatic rings. The molecule has 2 amide bonds. The Morgan fingerprint density at radius 2 is 2.00 bits per heavy atom. The molecule has 1 atom stereocenters. The molecule has 2 N–H and O–H groups in total. The van der Waals surface area contributed by atoms with Crippen molar-refractivity contribution in [1.82, 2.24) is 10.2 Å². The molecule has 1 aliphatic rings. The van der Waals surface area contributed by atoms with Gasteiger partial charge in [-0.25, -0.2) is 9.59 Å². The van der Waals surface area contributed by atoms with Crippen LogP contribution in [0.5, 0.6) is 0 Å². The maximum Gasteiger partial charge on any atom is 0.329 e. The zero-order valence-corrected chi connectivity index (χ0v) is 12.4. The van der Waals surface area contributed by atoms with Crippen molar-refractivity contribution in [2.45, 2.75) is 65.0 Å². The second-order valence-corrected chi connectivity index (χ2v) is 6.01. The molecule has 1 unspecified atom stereocenters. The van der Waals surface area contributed by atoms with Crippen LogP contribution in [0.15, 0.2) is 0 Å². The summed E-state index contributed by atoms with van der Waals surface area (Å²) in [5.41, 5.74) is -1.18. The van der Waals surface area contributed by atoms with Gasteiger partial charge in [-0.05, 0) is 46.0 Å². The van der Waals surface area contributed by atoms with Crippen LogP contribution in [0.25, 0.3) is 0 Å². The Hall–Kier alpha value is -1.26. The van der Waals surface area contributed by atoms with Gasteiger partial charge in [-0.1, -0.05) is 13.3 Å². The second kappa shape index (κ2) is 6.26. The molecule has 5 heteroatoms. The first-order valence-corrected chi connectivity index (χ1v) is 7.12. The van der Waals surface area contributed by atoms with E-state index in [9.17, 15) is 14.7 Å². The van der Waals surface area contributed by atoms with E-state index in [1.165, 1.54) is 12.8 Å². The van der Waals surface area contributed by atoms with Crippen LogP contribution >= 0.6 is 0 Å². The lowest BCUT2D eigenvalue weighted by molar-refractivity contribution is -0.144. The van der Waals surface area contributed by atoms with Gasteiger partial charge in [0.25, 0.3) is 0 Å². The second-order valence-electron chi connectivity index (χ2n) is 6.01. The molecular formula is C14H26N2O3. The fourth-order valence-corrected chi connectivity index (χ4v) is 2.14. The van der Waals surface area contributed by atoms with Gasteiger partial charge in [-0.15, -0.1) is 0 Å². The highest BCUT2D eigenvalue weighted by Gasteiger charge is 2.36. The Balaban J connectivity index is 2.69. The Morgan fingerprint density at radius 1 is 1.42 bits per heavy atom. The predicted octanol–water partition coefficient (Wildman–Crippen LogP) is 2.46. The molecule has 5 nitrogen and oxygen atoms in total. The lowest BCUT2D eigenvalue weighted by atomic mass is 9.96. The summed E-state index contributed by atoms with van der Waals surface area (Å²) in [4.78, 5) is 25.4. The first-order valence-electron chi connectivity index (χ1n) is 7.12. The van der Waals surface area contributed by atoms with Gasteiger partial charge in [0.15, 0.2) is 0 Å². The molecule has 0 spiro atoms. The van der Waals surface area contributed by atoms with E-state index in [0.717, 1.165) is 6.54 Å². The first kappa shape index (κ1) is 15.8. The van der Waals surface area contributed by atoms with Crippen LogP contribution in [0.4, 0.5) is 4.79 Å². The zero-order valence-electron chi connectivity index (χ0n) is 12.4. The van der Waals surface area contributed by atoms with Gasteiger partial charge in [0.1, 0.15) is 5.54 Å². The summed E-state index contributed by atoms with van der Waals surface area (Å²) in [6.07, 6.45) is 3.49. The van der Waals surface area contributed by atoms with E-state index in [2.05, 4.69) is 5.32 Å². The molecule has 0 heterocycles. The molecule has 0 aliphatic heterocycles. The molecular weight excluding hydrogens is 244 g/mol. The van der Waals surface area contributed by atoms with Gasteiger partial charge >= 0.3 is 12.0 Å². The van der Waals surface area contributed by atoms with Crippen molar-refractivity contribution in [1.29, 1.82) is 0 Å². The number of urea groups is 1. The predicted molar refractivity (Wildman–Crippen MR) is 74.0 cm³/mol. The fraction of sp³-hybridized carbons (Fsp3) is 0.857. The summed E-state index contributed by atoms with van der Waals surface area (Å²) in [5, 5.41) is 12.0. The van der Waals surface area contributed by atoms with E-state index < -0.39 is 11.5 Å². The summed E-state index contributed by atoms with van der Waals surface area (Å²) in [5.74, 6) is -0.381. The van der Waals surface area contributed by atoms with Crippen LogP contribution in [0.2, 0.25) is 0 Å². The van der Waals surface area contributed by atoms with Gasteiger partial charge in [0.05, 0.1) is 0 Å². The van der Waals surface area contributed by atoms with Gasteiger partial charge in [-0.2, -0.15) is 0 Å². The van der Waals surface area contributed by atoms with Crippen molar-refractivity contribution in [3.63, 3.8) is 0 Å². The largest absolute Gasteiger partial charge is 0.480 e. The van der Waals surface area contributed by atoms with E-state index in [1.54, 1.807) is 11.8 Å². The van der Waals surface area contributed by atoms with Crippen molar-refractivity contribution in [2.75, 3.05) is 6.54 Å². The van der Waals surface area contributed by atoms with Crippen molar-refractivity contribution in [3.05, 3.63) is 0 Å². The molecule has 0 bridgehead atoms. The molecule has 0 aromatic heterocycles. The van der Waals surface area contributed by atoms with Crippen LogP contribution in [0.1, 0.15) is 53.4 Å². The molecule has 0 saturated heterocycles. The van der Waals surface area contributed by atoms with E-state index in [0.29, 0.717) is 18.8 Å². The number of nitrogens with zero attached hydrogens (tertiary/aromatic N) is 1. The number of carbonyl (C=O) groups is 2. The molecule has 110 valence electrons. The molecule has 1 aliphatic carbocycles. The molecule has 1 rings (SSSR count). The highest BCUT2D eigenvalue weighted by molar-refractivity contribution is 5.86. The quantitative estimate of drug-likeness (QED) is 0.746. The minimum atomic E-state index is -1.18. The number of nitrogens with one attached hydrogen (secondary N) is 1. The average Bonchev–Trinajstić information content (AvgIpc) is 3.08. The number of hydrogen-bond donors (Lipinski definition) is 2. The van der Waals surface area contributed by atoms with Crippen LogP contribution in [0.3, 0.4) is 0 Å². The number of rotatable bonds is 7. The van der Waals surface area contributed by atoms with Crippen LogP contribution < -0.4 is 5.32 Å². The molecule has 0 radical (unpaired) electrons. The minimum absolute atomic E-state index is 0.0836. The normalized spacial score (nSPS) is 17.9. The Kier molecular flexibility index (Phi) is 5.20. The number of carboxylic acids is 1. The Labute approximate surface area is 115 Å². The van der Waals surface area contributed by atoms with E-state index in [4.69, 9.17) is 0 Å². The van der Waals surface area contributed by atoms with E-state index in [-0.39, 0.29) is 12.1 Å². The third kappa shape index (κ3) is 4.40. The number of hydrogen-bond acceptors (Lipinski definition) is 2. The van der Waals surface area contributed by atoms with Gasteiger partial charge < -0.3 is 15.3 Å². The number of carboxylic acid groups (broad SMARTS) is 1. The topological polar surface area (TPSA) is 69.6 Å². The number of carbonyl (C=O) groups excluding carboxylic acids is 1. The zero-order chi connectivity index (χ0) is 14.6. The summed E-state index contributed by atoms with van der Waals surface area (Å²) >= 11 is 0. The lowest BCUT2D eigenvalue weighted by Crippen LogP contribution is -2.57. The third-order valence-corrected chi connectivity index (χ3v) is 3.64. The van der Waals surface area contributed by atoms with E-state index in [1.807, 2.05) is 20.8 Å². The van der Waals surface area contributed by atoms with Crippen LogP contribution in [0, 0.1) is 5.92 Å². The molecule has 1 fully saturated rings. The standard InChI is InChI=1S/C14H26N2O3/c1-5-8-14(4,12(17)18)15-13(19)16(10(2)3)9-11-6-7-11/h10-11H,5-9H2,1-4H3,(H,15,19)(H,17,18). The first-order chi connectivity index (χ1) is 8.80.